The van der Waals surface area contributed by atoms with Gasteiger partial charge in [-0.05, 0) is 19.4 Å². The van der Waals surface area contributed by atoms with Gasteiger partial charge >= 0.3 is 0 Å². The molecule has 7 heteroatoms. The van der Waals surface area contributed by atoms with Gasteiger partial charge in [-0.1, -0.05) is 11.3 Å². The van der Waals surface area contributed by atoms with Gasteiger partial charge in [0, 0.05) is 31.1 Å². The van der Waals surface area contributed by atoms with Crippen LogP contribution in [0.4, 0.5) is 0 Å². The minimum Gasteiger partial charge on any atom is -0.470 e. The molecule has 1 aliphatic heterocycles. The van der Waals surface area contributed by atoms with E-state index in [-0.39, 0.29) is 0 Å². The largest absolute Gasteiger partial charge is 0.470 e. The summed E-state index contributed by atoms with van der Waals surface area (Å²) in [6, 6.07) is 0. The molecule has 0 saturated carbocycles. The summed E-state index contributed by atoms with van der Waals surface area (Å²) in [6.45, 7) is 3.80. The fourth-order valence-electron chi connectivity index (χ4n) is 2.56. The van der Waals surface area contributed by atoms with Crippen LogP contribution in [-0.2, 0) is 13.6 Å². The number of nitrogens with zero attached hydrogens (tertiary/aromatic N) is 5. The second kappa shape index (κ2) is 6.32. The lowest BCUT2D eigenvalue weighted by Crippen LogP contribution is -2.37. The first kappa shape index (κ1) is 13.5. The zero-order valence-electron chi connectivity index (χ0n) is 11.6. The van der Waals surface area contributed by atoms with Gasteiger partial charge in [0.05, 0.1) is 13.2 Å². The molecule has 3 rings (SSSR count). The highest BCUT2D eigenvalue weighted by atomic mass is 32.1. The normalized spacial score (nSPS) is 20.1. The molecular weight excluding hydrogens is 274 g/mol. The van der Waals surface area contributed by atoms with Crippen LogP contribution in [0.25, 0.3) is 0 Å². The molecule has 1 unspecified atom stereocenters. The fourth-order valence-corrected chi connectivity index (χ4v) is 3.06. The predicted octanol–water partition coefficient (Wildman–Crippen LogP) is 1.56. The van der Waals surface area contributed by atoms with Gasteiger partial charge in [-0.15, -0.1) is 0 Å². The first-order valence-corrected chi connectivity index (χ1v) is 7.77. The summed E-state index contributed by atoms with van der Waals surface area (Å²) >= 11 is 1.55. The van der Waals surface area contributed by atoms with Crippen molar-refractivity contribution < 1.29 is 4.74 Å². The van der Waals surface area contributed by atoms with Crippen LogP contribution in [0.2, 0.25) is 0 Å². The number of thiazole rings is 1. The number of ether oxygens (including phenoxy) is 1. The van der Waals surface area contributed by atoms with Crippen molar-refractivity contribution in [2.45, 2.75) is 19.4 Å². The SMILES string of the molecule is Cn1ncnc1CN1CCCC(COc2nccs2)C1. The molecule has 0 N–H and O–H groups in total. The van der Waals surface area contributed by atoms with E-state index in [1.54, 1.807) is 23.9 Å². The summed E-state index contributed by atoms with van der Waals surface area (Å²) in [7, 11) is 1.94. The summed E-state index contributed by atoms with van der Waals surface area (Å²) in [4.78, 5) is 10.9. The molecule has 0 spiro atoms. The molecule has 20 heavy (non-hydrogen) atoms. The molecule has 3 heterocycles. The Hall–Kier alpha value is -1.47. The molecule has 2 aromatic rings. The van der Waals surface area contributed by atoms with Gasteiger partial charge in [-0.25, -0.2) is 9.97 Å². The Morgan fingerprint density at radius 2 is 2.40 bits per heavy atom. The number of aromatic nitrogens is 4. The zero-order valence-corrected chi connectivity index (χ0v) is 12.4. The fraction of sp³-hybridized carbons (Fsp3) is 0.615. The molecule has 1 atom stereocenters. The minimum atomic E-state index is 0.570. The highest BCUT2D eigenvalue weighted by Gasteiger charge is 2.21. The van der Waals surface area contributed by atoms with E-state index in [9.17, 15) is 0 Å². The Morgan fingerprint density at radius 3 is 3.15 bits per heavy atom. The second-order valence-corrected chi connectivity index (χ2v) is 6.01. The van der Waals surface area contributed by atoms with Crippen molar-refractivity contribution in [3.05, 3.63) is 23.7 Å². The zero-order chi connectivity index (χ0) is 13.8. The standard InChI is InChI=1S/C13H19N5OS/c1-17-12(15-10-16-17)8-18-5-2-3-11(7-18)9-19-13-14-4-6-20-13/h4,6,10-11H,2-3,5,7-9H2,1H3. The number of likely N-dealkylation sites (tertiary alicyclic amines) is 1. The minimum absolute atomic E-state index is 0.570. The average molecular weight is 293 g/mol. The van der Waals surface area contributed by atoms with Crippen molar-refractivity contribution in [1.29, 1.82) is 0 Å². The van der Waals surface area contributed by atoms with Crippen molar-refractivity contribution in [3.63, 3.8) is 0 Å². The number of hydrogen-bond acceptors (Lipinski definition) is 6. The van der Waals surface area contributed by atoms with E-state index in [0.29, 0.717) is 5.92 Å². The molecule has 0 aliphatic carbocycles. The van der Waals surface area contributed by atoms with Crippen LogP contribution in [0.15, 0.2) is 17.9 Å². The molecule has 2 aromatic heterocycles. The van der Waals surface area contributed by atoms with Crippen LogP contribution < -0.4 is 4.74 Å². The Bertz CT molecular complexity index is 527. The van der Waals surface area contributed by atoms with Crippen LogP contribution >= 0.6 is 11.3 Å². The maximum absolute atomic E-state index is 5.74. The van der Waals surface area contributed by atoms with Gasteiger partial charge in [0.15, 0.2) is 0 Å². The summed E-state index contributed by atoms with van der Waals surface area (Å²) < 4.78 is 7.58. The topological polar surface area (TPSA) is 56.1 Å². The van der Waals surface area contributed by atoms with Crippen molar-refractivity contribution in [2.75, 3.05) is 19.7 Å². The number of rotatable bonds is 5. The Labute approximate surface area is 122 Å². The van der Waals surface area contributed by atoms with Gasteiger partial charge in [-0.3, -0.25) is 9.58 Å². The number of hydrogen-bond donors (Lipinski definition) is 0. The second-order valence-electron chi connectivity index (χ2n) is 5.15. The number of piperidine rings is 1. The van der Waals surface area contributed by atoms with Gasteiger partial charge in [0.25, 0.3) is 5.19 Å². The third-order valence-electron chi connectivity index (χ3n) is 3.63. The maximum Gasteiger partial charge on any atom is 0.273 e. The van der Waals surface area contributed by atoms with Gasteiger partial charge < -0.3 is 4.74 Å². The predicted molar refractivity (Wildman–Crippen MR) is 76.6 cm³/mol. The van der Waals surface area contributed by atoms with Gasteiger partial charge in [0.1, 0.15) is 12.2 Å². The van der Waals surface area contributed by atoms with Crippen molar-refractivity contribution in [3.8, 4) is 5.19 Å². The van der Waals surface area contributed by atoms with Crippen molar-refractivity contribution in [1.82, 2.24) is 24.6 Å². The first-order chi connectivity index (χ1) is 9.81. The lowest BCUT2D eigenvalue weighted by Gasteiger charge is -2.31. The van der Waals surface area contributed by atoms with E-state index in [1.165, 1.54) is 12.8 Å². The smallest absolute Gasteiger partial charge is 0.273 e. The average Bonchev–Trinajstić information content (AvgIpc) is 3.10. The molecule has 0 amide bonds. The maximum atomic E-state index is 5.74. The molecule has 6 nitrogen and oxygen atoms in total. The lowest BCUT2D eigenvalue weighted by atomic mass is 9.99. The van der Waals surface area contributed by atoms with E-state index in [1.807, 2.05) is 17.1 Å². The van der Waals surface area contributed by atoms with Crippen LogP contribution in [-0.4, -0.2) is 44.3 Å². The van der Waals surface area contributed by atoms with Crippen LogP contribution in [0.5, 0.6) is 5.19 Å². The van der Waals surface area contributed by atoms with Gasteiger partial charge in [0.2, 0.25) is 0 Å². The Kier molecular flexibility index (Phi) is 4.27. The highest BCUT2D eigenvalue weighted by Crippen LogP contribution is 2.20. The Balaban J connectivity index is 1.50. The molecule has 0 aromatic carbocycles. The molecule has 0 bridgehead atoms. The molecule has 1 fully saturated rings. The van der Waals surface area contributed by atoms with Gasteiger partial charge in [-0.2, -0.15) is 5.10 Å². The van der Waals surface area contributed by atoms with Crippen molar-refractivity contribution >= 4 is 11.3 Å². The number of aryl methyl sites for hydroxylation is 1. The molecule has 0 radical (unpaired) electrons. The quantitative estimate of drug-likeness (QED) is 0.837. The lowest BCUT2D eigenvalue weighted by molar-refractivity contribution is 0.122. The molecule has 108 valence electrons. The van der Waals surface area contributed by atoms with E-state index in [0.717, 1.165) is 37.3 Å². The van der Waals surface area contributed by atoms with Crippen LogP contribution in [0, 0.1) is 5.92 Å². The first-order valence-electron chi connectivity index (χ1n) is 6.89. The summed E-state index contributed by atoms with van der Waals surface area (Å²) in [6.07, 6.45) is 5.83. The van der Waals surface area contributed by atoms with Crippen LogP contribution in [0.1, 0.15) is 18.7 Å². The summed E-state index contributed by atoms with van der Waals surface area (Å²) in [5, 5.41) is 6.83. The third-order valence-corrected chi connectivity index (χ3v) is 4.31. The van der Waals surface area contributed by atoms with Crippen molar-refractivity contribution in [2.24, 2.45) is 13.0 Å². The molecule has 1 saturated heterocycles. The van der Waals surface area contributed by atoms with E-state index in [2.05, 4.69) is 20.0 Å². The summed E-state index contributed by atoms with van der Waals surface area (Å²) in [5.74, 6) is 1.59. The molecular formula is C13H19N5OS. The summed E-state index contributed by atoms with van der Waals surface area (Å²) in [5.41, 5.74) is 0. The monoisotopic (exact) mass is 293 g/mol. The molecule has 1 aliphatic rings. The van der Waals surface area contributed by atoms with Crippen LogP contribution in [0.3, 0.4) is 0 Å². The Morgan fingerprint density at radius 1 is 1.45 bits per heavy atom. The van der Waals surface area contributed by atoms with E-state index >= 15 is 0 Å². The highest BCUT2D eigenvalue weighted by molar-refractivity contribution is 7.11. The van der Waals surface area contributed by atoms with E-state index < -0.39 is 0 Å². The van der Waals surface area contributed by atoms with E-state index in [4.69, 9.17) is 4.74 Å². The third kappa shape index (κ3) is 3.34.